The number of amides is 1. The molecule has 3 rings (SSSR count). The summed E-state index contributed by atoms with van der Waals surface area (Å²) in [5.41, 5.74) is 0.325. The summed E-state index contributed by atoms with van der Waals surface area (Å²) in [5, 5.41) is 5.49. The van der Waals surface area contributed by atoms with Crippen LogP contribution in [0.25, 0.3) is 0 Å². The van der Waals surface area contributed by atoms with Gasteiger partial charge in [0, 0.05) is 30.9 Å². The molecular weight excluding hydrogens is 472 g/mol. The van der Waals surface area contributed by atoms with E-state index in [0.29, 0.717) is 22.8 Å². The molecule has 4 nitrogen and oxygen atoms in total. The number of pyridine rings is 1. The molecule has 1 aromatic heterocycles. The summed E-state index contributed by atoms with van der Waals surface area (Å²) in [6, 6.07) is 7.51. The molecule has 2 atom stereocenters. The molecular formula is C25H23F6N3O. The predicted molar refractivity (Wildman–Crippen MR) is 118 cm³/mol. The molecule has 0 radical (unpaired) electrons. The first kappa shape index (κ1) is 26.2. The summed E-state index contributed by atoms with van der Waals surface area (Å²) < 4.78 is 80.3. The van der Waals surface area contributed by atoms with Gasteiger partial charge in [-0.2, -0.15) is 13.2 Å². The van der Waals surface area contributed by atoms with E-state index in [2.05, 4.69) is 15.6 Å². The summed E-state index contributed by atoms with van der Waals surface area (Å²) in [7, 11) is 1.36. The number of aryl methyl sites for hydroxylation is 2. The van der Waals surface area contributed by atoms with Crippen molar-refractivity contribution in [2.75, 3.05) is 7.05 Å². The first-order valence-electron chi connectivity index (χ1n) is 10.7. The van der Waals surface area contributed by atoms with E-state index in [1.54, 1.807) is 13.0 Å². The lowest BCUT2D eigenvalue weighted by molar-refractivity contribution is -0.141. The van der Waals surface area contributed by atoms with Crippen molar-refractivity contribution in [2.45, 2.75) is 38.0 Å². The Hall–Kier alpha value is -3.40. The molecule has 0 unspecified atom stereocenters. The summed E-state index contributed by atoms with van der Waals surface area (Å²) in [4.78, 5) is 16.1. The third-order valence-corrected chi connectivity index (χ3v) is 5.57. The topological polar surface area (TPSA) is 54.0 Å². The van der Waals surface area contributed by atoms with Crippen LogP contribution in [-0.2, 0) is 17.4 Å². The van der Waals surface area contributed by atoms with E-state index in [1.807, 2.05) is 0 Å². The number of benzene rings is 2. The van der Waals surface area contributed by atoms with Crippen molar-refractivity contribution in [1.29, 1.82) is 0 Å². The van der Waals surface area contributed by atoms with Crippen LogP contribution in [0.2, 0.25) is 0 Å². The fourth-order valence-electron chi connectivity index (χ4n) is 3.67. The van der Waals surface area contributed by atoms with E-state index >= 15 is 0 Å². The van der Waals surface area contributed by atoms with Crippen LogP contribution in [-0.4, -0.2) is 17.9 Å². The smallest absolute Gasteiger partial charge is 0.358 e. The minimum atomic E-state index is -4.56. The van der Waals surface area contributed by atoms with Crippen LogP contribution in [0.3, 0.4) is 0 Å². The van der Waals surface area contributed by atoms with Gasteiger partial charge in [-0.15, -0.1) is 0 Å². The third-order valence-electron chi connectivity index (χ3n) is 5.57. The highest BCUT2D eigenvalue weighted by Gasteiger charge is 2.32. The molecule has 0 saturated heterocycles. The molecule has 0 aliphatic heterocycles. The Labute approximate surface area is 198 Å². The number of halogens is 6. The van der Waals surface area contributed by atoms with E-state index in [1.165, 1.54) is 25.2 Å². The number of carbonyl (C=O) groups is 1. The van der Waals surface area contributed by atoms with E-state index in [4.69, 9.17) is 0 Å². The average Bonchev–Trinajstić information content (AvgIpc) is 2.81. The zero-order valence-corrected chi connectivity index (χ0v) is 18.9. The van der Waals surface area contributed by atoms with E-state index < -0.39 is 47.3 Å². The SMILES string of the molecule is CNC(=O)[C@H](N[C@@H](CCc1ccc(C(F)(F)F)nc1)c1ccc(F)c(C)c1)c1ccc(F)cc1F. The van der Waals surface area contributed by atoms with Gasteiger partial charge in [-0.1, -0.05) is 24.3 Å². The minimum absolute atomic E-state index is 0.0919. The highest BCUT2D eigenvalue weighted by Crippen LogP contribution is 2.29. The molecule has 0 aliphatic rings. The fourth-order valence-corrected chi connectivity index (χ4v) is 3.67. The molecule has 10 heteroatoms. The van der Waals surface area contributed by atoms with Gasteiger partial charge in [-0.3, -0.25) is 15.1 Å². The highest BCUT2D eigenvalue weighted by atomic mass is 19.4. The maximum absolute atomic E-state index is 14.5. The van der Waals surface area contributed by atoms with Crippen LogP contribution in [0.15, 0.2) is 54.7 Å². The largest absolute Gasteiger partial charge is 0.433 e. The molecule has 0 fully saturated rings. The molecule has 0 bridgehead atoms. The van der Waals surface area contributed by atoms with Crippen molar-refractivity contribution in [2.24, 2.45) is 0 Å². The lowest BCUT2D eigenvalue weighted by Gasteiger charge is -2.26. The Bertz CT molecular complexity index is 1180. The second kappa shape index (κ2) is 10.9. The number of likely N-dealkylation sites (N-methyl/N-ethyl adjacent to an activating group) is 1. The van der Waals surface area contributed by atoms with Gasteiger partial charge in [0.05, 0.1) is 0 Å². The molecule has 0 aliphatic carbocycles. The Morgan fingerprint density at radius 1 is 1.00 bits per heavy atom. The number of rotatable bonds is 8. The van der Waals surface area contributed by atoms with Gasteiger partial charge in [0.2, 0.25) is 5.91 Å². The lowest BCUT2D eigenvalue weighted by atomic mass is 9.95. The molecule has 2 aromatic carbocycles. The molecule has 35 heavy (non-hydrogen) atoms. The van der Waals surface area contributed by atoms with Crippen molar-refractivity contribution < 1.29 is 31.1 Å². The molecule has 3 aromatic rings. The van der Waals surface area contributed by atoms with E-state index in [-0.39, 0.29) is 18.4 Å². The molecule has 0 saturated carbocycles. The number of carbonyl (C=O) groups excluding carboxylic acids is 1. The summed E-state index contributed by atoms with van der Waals surface area (Å²) in [6.07, 6.45) is -2.93. The Kier molecular flexibility index (Phi) is 8.16. The standard InChI is InChI=1S/C25H23F6N3O/c1-14-11-16(5-8-19(14)27)21(9-3-15-4-10-22(33-13-15)25(29,30)31)34-23(24(35)32-2)18-7-6-17(26)12-20(18)28/h4-8,10-13,21,23,34H,3,9H2,1-2H3,(H,32,35)/t21-,23+/m0/s1. The van der Waals surface area contributed by atoms with Gasteiger partial charge < -0.3 is 5.32 Å². The normalized spacial score (nSPS) is 13.4. The van der Waals surface area contributed by atoms with Crippen molar-refractivity contribution in [3.63, 3.8) is 0 Å². The number of hydrogen-bond acceptors (Lipinski definition) is 3. The number of alkyl halides is 3. The first-order valence-corrected chi connectivity index (χ1v) is 10.7. The van der Waals surface area contributed by atoms with Crippen LogP contribution < -0.4 is 10.6 Å². The Morgan fingerprint density at radius 3 is 2.31 bits per heavy atom. The Balaban J connectivity index is 1.92. The quantitative estimate of drug-likeness (QED) is 0.402. The number of hydrogen-bond donors (Lipinski definition) is 2. The molecule has 186 valence electrons. The monoisotopic (exact) mass is 495 g/mol. The molecule has 1 amide bonds. The van der Waals surface area contributed by atoms with Crippen LogP contribution in [0.4, 0.5) is 26.3 Å². The van der Waals surface area contributed by atoms with Gasteiger partial charge in [0.1, 0.15) is 29.2 Å². The maximum Gasteiger partial charge on any atom is 0.433 e. The summed E-state index contributed by atoms with van der Waals surface area (Å²) in [5.74, 6) is -2.75. The fraction of sp³-hybridized carbons (Fsp3) is 0.280. The van der Waals surface area contributed by atoms with Gasteiger partial charge in [0.15, 0.2) is 0 Å². The van der Waals surface area contributed by atoms with Crippen molar-refractivity contribution in [3.05, 3.63) is 100 Å². The van der Waals surface area contributed by atoms with Crippen LogP contribution in [0, 0.1) is 24.4 Å². The van der Waals surface area contributed by atoms with Crippen LogP contribution in [0.5, 0.6) is 0 Å². The summed E-state index contributed by atoms with van der Waals surface area (Å²) >= 11 is 0. The Morgan fingerprint density at radius 2 is 1.74 bits per heavy atom. The van der Waals surface area contributed by atoms with Gasteiger partial charge >= 0.3 is 6.18 Å². The second-order valence-electron chi connectivity index (χ2n) is 8.03. The lowest BCUT2D eigenvalue weighted by Crippen LogP contribution is -2.38. The van der Waals surface area contributed by atoms with Gasteiger partial charge in [-0.05, 0) is 54.7 Å². The molecule has 2 N–H and O–H groups in total. The van der Waals surface area contributed by atoms with Crippen molar-refractivity contribution >= 4 is 5.91 Å². The minimum Gasteiger partial charge on any atom is -0.358 e. The van der Waals surface area contributed by atoms with Crippen molar-refractivity contribution in [1.82, 2.24) is 15.6 Å². The van der Waals surface area contributed by atoms with Crippen molar-refractivity contribution in [3.8, 4) is 0 Å². The van der Waals surface area contributed by atoms with E-state index in [9.17, 15) is 31.1 Å². The predicted octanol–water partition coefficient (Wildman–Crippen LogP) is 5.58. The average molecular weight is 495 g/mol. The number of nitrogens with one attached hydrogen (secondary N) is 2. The molecule has 1 heterocycles. The van der Waals surface area contributed by atoms with Crippen LogP contribution >= 0.6 is 0 Å². The number of nitrogens with zero attached hydrogens (tertiary/aromatic N) is 1. The second-order valence-corrected chi connectivity index (χ2v) is 8.03. The third kappa shape index (κ3) is 6.60. The number of aromatic nitrogens is 1. The summed E-state index contributed by atoms with van der Waals surface area (Å²) in [6.45, 7) is 1.56. The first-order chi connectivity index (χ1) is 16.5. The highest BCUT2D eigenvalue weighted by molar-refractivity contribution is 5.83. The zero-order valence-electron chi connectivity index (χ0n) is 18.9. The van der Waals surface area contributed by atoms with E-state index in [0.717, 1.165) is 24.4 Å². The zero-order chi connectivity index (χ0) is 25.8. The van der Waals surface area contributed by atoms with Gasteiger partial charge in [0.25, 0.3) is 0 Å². The molecule has 0 spiro atoms. The maximum atomic E-state index is 14.5. The van der Waals surface area contributed by atoms with Gasteiger partial charge in [-0.25, -0.2) is 13.2 Å². The van der Waals surface area contributed by atoms with Crippen LogP contribution in [0.1, 0.15) is 46.5 Å².